The molecule has 28 heavy (non-hydrogen) atoms. The number of aromatic hydroxyl groups is 2. The smallest absolute Gasteiger partial charge is 0.339 e. The molecule has 1 heterocycles. The number of benzene rings is 2. The first-order valence-electron chi connectivity index (χ1n) is 8.54. The highest BCUT2D eigenvalue weighted by atomic mass is 19.1. The van der Waals surface area contributed by atoms with E-state index >= 15 is 0 Å². The zero-order chi connectivity index (χ0) is 20.0. The van der Waals surface area contributed by atoms with Crippen LogP contribution in [0, 0.1) is 5.82 Å². The fraction of sp³-hybridized carbons (Fsp3) is 0.143. The number of ketones is 1. The molecule has 0 radical (unpaired) electrons. The largest absolute Gasteiger partial charge is 0.508 e. The summed E-state index contributed by atoms with van der Waals surface area (Å²) in [6.07, 6.45) is -1.07. The molecule has 0 saturated carbocycles. The van der Waals surface area contributed by atoms with Crippen LogP contribution in [0.3, 0.4) is 0 Å². The second kappa shape index (κ2) is 6.61. The van der Waals surface area contributed by atoms with E-state index < -0.39 is 23.3 Å². The molecule has 3 N–H and O–H groups in total. The van der Waals surface area contributed by atoms with Crippen LogP contribution in [0.5, 0.6) is 11.5 Å². The summed E-state index contributed by atoms with van der Waals surface area (Å²) in [6.45, 7) is 0. The molecule has 0 aliphatic heterocycles. The highest BCUT2D eigenvalue weighted by molar-refractivity contribution is 6.05. The van der Waals surface area contributed by atoms with E-state index in [1.807, 2.05) is 0 Å². The molecule has 0 spiro atoms. The molecule has 0 saturated heterocycles. The first-order chi connectivity index (χ1) is 13.3. The van der Waals surface area contributed by atoms with E-state index in [2.05, 4.69) is 0 Å². The third kappa shape index (κ3) is 3.05. The van der Waals surface area contributed by atoms with Gasteiger partial charge in [-0.3, -0.25) is 4.79 Å². The standard InChI is InChI=1S/C21H15FO6/c22-11-3-1-10(2-4-11)14-9-17(26)21-15(5-12(23)6-16(21)25)20(14)18-7-13(24)8-19(27)28-18/h1-4,7-9,12,23-24,26H,5-6H2. The van der Waals surface area contributed by atoms with Crippen LogP contribution in [0.2, 0.25) is 0 Å². The maximum Gasteiger partial charge on any atom is 0.339 e. The van der Waals surface area contributed by atoms with E-state index in [0.717, 1.165) is 6.07 Å². The zero-order valence-electron chi connectivity index (χ0n) is 14.5. The Morgan fingerprint density at radius 1 is 0.964 bits per heavy atom. The van der Waals surface area contributed by atoms with Gasteiger partial charge in [-0.05, 0) is 34.9 Å². The summed E-state index contributed by atoms with van der Waals surface area (Å²) >= 11 is 0. The van der Waals surface area contributed by atoms with Crippen molar-refractivity contribution in [2.45, 2.75) is 18.9 Å². The first-order valence-corrected chi connectivity index (χ1v) is 8.54. The molecule has 1 aromatic heterocycles. The Balaban J connectivity index is 2.10. The summed E-state index contributed by atoms with van der Waals surface area (Å²) in [6, 6.07) is 8.86. The molecule has 1 unspecified atom stereocenters. The number of Topliss-reactive ketones (excluding diaryl/α,β-unsaturated/α-hetero) is 1. The average Bonchev–Trinajstić information content (AvgIpc) is 2.60. The number of aliphatic hydroxyl groups is 1. The molecule has 7 heteroatoms. The SMILES string of the molecule is O=C1CC(O)Cc2c1c(O)cc(-c1ccc(F)cc1)c2-c1cc(O)cc(=O)o1. The minimum atomic E-state index is -0.967. The third-order valence-corrected chi connectivity index (χ3v) is 4.71. The summed E-state index contributed by atoms with van der Waals surface area (Å²) in [5, 5.41) is 30.4. The van der Waals surface area contributed by atoms with Crippen molar-refractivity contribution in [2.75, 3.05) is 0 Å². The molecular weight excluding hydrogens is 367 g/mol. The summed E-state index contributed by atoms with van der Waals surface area (Å²) in [5.41, 5.74) is 0.679. The van der Waals surface area contributed by atoms with Crippen LogP contribution in [0.15, 0.2) is 51.7 Å². The summed E-state index contributed by atoms with van der Waals surface area (Å²) in [7, 11) is 0. The number of hydrogen-bond donors (Lipinski definition) is 3. The van der Waals surface area contributed by atoms with E-state index in [1.165, 1.54) is 36.4 Å². The van der Waals surface area contributed by atoms with Gasteiger partial charge in [-0.2, -0.15) is 0 Å². The van der Waals surface area contributed by atoms with Crippen LogP contribution in [0.1, 0.15) is 22.3 Å². The Morgan fingerprint density at radius 3 is 2.36 bits per heavy atom. The fourth-order valence-corrected chi connectivity index (χ4v) is 3.59. The van der Waals surface area contributed by atoms with Gasteiger partial charge >= 0.3 is 5.63 Å². The van der Waals surface area contributed by atoms with Crippen LogP contribution in [-0.4, -0.2) is 27.2 Å². The first kappa shape index (κ1) is 17.9. The number of phenolic OH excluding ortho intramolecular Hbond substituents is 1. The van der Waals surface area contributed by atoms with Crippen LogP contribution in [0.4, 0.5) is 4.39 Å². The van der Waals surface area contributed by atoms with Crippen LogP contribution < -0.4 is 5.63 Å². The number of rotatable bonds is 2. The third-order valence-electron chi connectivity index (χ3n) is 4.71. The molecule has 0 fully saturated rings. The van der Waals surface area contributed by atoms with Gasteiger partial charge in [0.1, 0.15) is 23.1 Å². The fourth-order valence-electron chi connectivity index (χ4n) is 3.59. The number of carbonyl (C=O) groups is 1. The van der Waals surface area contributed by atoms with E-state index in [1.54, 1.807) is 0 Å². The van der Waals surface area contributed by atoms with Gasteiger partial charge in [-0.1, -0.05) is 12.1 Å². The predicted octanol–water partition coefficient (Wildman–Crippen LogP) is 3.01. The van der Waals surface area contributed by atoms with Crippen LogP contribution in [0.25, 0.3) is 22.5 Å². The Kier molecular flexibility index (Phi) is 4.24. The summed E-state index contributed by atoms with van der Waals surface area (Å²) < 4.78 is 18.6. The van der Waals surface area contributed by atoms with Crippen molar-refractivity contribution in [1.29, 1.82) is 0 Å². The minimum absolute atomic E-state index is 0.0255. The lowest BCUT2D eigenvalue weighted by atomic mass is 9.81. The van der Waals surface area contributed by atoms with Crippen LogP contribution in [-0.2, 0) is 6.42 Å². The molecule has 6 nitrogen and oxygen atoms in total. The number of halogens is 1. The molecule has 3 aromatic rings. The lowest BCUT2D eigenvalue weighted by Crippen LogP contribution is -2.25. The lowest BCUT2D eigenvalue weighted by Gasteiger charge is -2.25. The Bertz CT molecular complexity index is 1150. The minimum Gasteiger partial charge on any atom is -0.508 e. The van der Waals surface area contributed by atoms with Gasteiger partial charge in [-0.25, -0.2) is 9.18 Å². The van der Waals surface area contributed by atoms with Crippen LogP contribution >= 0.6 is 0 Å². The van der Waals surface area contributed by atoms with E-state index in [4.69, 9.17) is 4.42 Å². The highest BCUT2D eigenvalue weighted by Crippen LogP contribution is 2.43. The van der Waals surface area contributed by atoms with Gasteiger partial charge in [0, 0.05) is 24.5 Å². The van der Waals surface area contributed by atoms with Crippen molar-refractivity contribution in [3.63, 3.8) is 0 Å². The summed E-state index contributed by atoms with van der Waals surface area (Å²) in [4.78, 5) is 24.2. The molecule has 1 aliphatic carbocycles. The summed E-state index contributed by atoms with van der Waals surface area (Å²) in [5.74, 6) is -1.54. The van der Waals surface area contributed by atoms with Gasteiger partial charge in [0.15, 0.2) is 5.78 Å². The van der Waals surface area contributed by atoms with Crippen molar-refractivity contribution < 1.29 is 28.9 Å². The maximum absolute atomic E-state index is 13.4. The van der Waals surface area contributed by atoms with Gasteiger partial charge in [0.05, 0.1) is 17.7 Å². The highest BCUT2D eigenvalue weighted by Gasteiger charge is 2.32. The monoisotopic (exact) mass is 382 g/mol. The number of fused-ring (bicyclic) bond motifs is 1. The van der Waals surface area contributed by atoms with Crippen molar-refractivity contribution in [2.24, 2.45) is 0 Å². The van der Waals surface area contributed by atoms with E-state index in [0.29, 0.717) is 16.7 Å². The lowest BCUT2D eigenvalue weighted by molar-refractivity contribution is 0.0850. The molecule has 0 bridgehead atoms. The topological polar surface area (TPSA) is 108 Å². The van der Waals surface area contributed by atoms with Gasteiger partial charge in [0.2, 0.25) is 0 Å². The molecule has 1 atom stereocenters. The molecular formula is C21H15FO6. The number of hydrogen-bond acceptors (Lipinski definition) is 6. The quantitative estimate of drug-likeness (QED) is 0.629. The predicted molar refractivity (Wildman–Crippen MR) is 97.8 cm³/mol. The second-order valence-electron chi connectivity index (χ2n) is 6.66. The van der Waals surface area contributed by atoms with Crippen molar-refractivity contribution in [3.05, 3.63) is 69.8 Å². The molecule has 0 amide bonds. The molecule has 1 aliphatic rings. The zero-order valence-corrected chi connectivity index (χ0v) is 14.5. The van der Waals surface area contributed by atoms with Crippen molar-refractivity contribution >= 4 is 5.78 Å². The Hall–Kier alpha value is -3.45. The van der Waals surface area contributed by atoms with Gasteiger partial charge < -0.3 is 19.7 Å². The number of phenols is 1. The number of carbonyl (C=O) groups excluding carboxylic acids is 1. The molecule has 2 aromatic carbocycles. The Labute approximate surface area is 158 Å². The van der Waals surface area contributed by atoms with Crippen molar-refractivity contribution in [3.8, 4) is 33.9 Å². The average molecular weight is 382 g/mol. The normalized spacial score (nSPS) is 16.1. The Morgan fingerprint density at radius 2 is 1.68 bits per heavy atom. The molecule has 142 valence electrons. The van der Waals surface area contributed by atoms with Crippen molar-refractivity contribution in [1.82, 2.24) is 0 Å². The van der Waals surface area contributed by atoms with E-state index in [9.17, 15) is 29.3 Å². The second-order valence-corrected chi connectivity index (χ2v) is 6.66. The van der Waals surface area contributed by atoms with E-state index in [-0.39, 0.29) is 41.2 Å². The molecule has 4 rings (SSSR count). The number of aliphatic hydroxyl groups excluding tert-OH is 1. The van der Waals surface area contributed by atoms with Gasteiger partial charge in [-0.15, -0.1) is 0 Å². The van der Waals surface area contributed by atoms with Gasteiger partial charge in [0.25, 0.3) is 0 Å². The maximum atomic E-state index is 13.4.